The average molecular weight is 497 g/mol. The van der Waals surface area contributed by atoms with Crippen LogP contribution in [0.25, 0.3) is 0 Å². The van der Waals surface area contributed by atoms with E-state index in [0.29, 0.717) is 43.7 Å². The first-order valence-electron chi connectivity index (χ1n) is 12.3. The Balaban J connectivity index is 1.45. The Kier molecular flexibility index (Phi) is 8.79. The highest BCUT2D eigenvalue weighted by Crippen LogP contribution is 2.31. The van der Waals surface area contributed by atoms with Crippen LogP contribution < -0.4 is 10.2 Å². The molecule has 0 spiro atoms. The van der Waals surface area contributed by atoms with Gasteiger partial charge in [-0.3, -0.25) is 19.7 Å². The summed E-state index contributed by atoms with van der Waals surface area (Å²) in [5.74, 6) is -1.50. The first-order valence-corrected chi connectivity index (χ1v) is 12.3. The fourth-order valence-corrected chi connectivity index (χ4v) is 5.35. The first-order chi connectivity index (χ1) is 17.0. The molecule has 4 rings (SSSR count). The van der Waals surface area contributed by atoms with Crippen molar-refractivity contribution in [1.82, 2.24) is 25.2 Å². The van der Waals surface area contributed by atoms with E-state index in [1.165, 1.54) is 0 Å². The molecule has 1 aliphatic carbocycles. The van der Waals surface area contributed by atoms with Gasteiger partial charge in [-0.05, 0) is 12.3 Å². The van der Waals surface area contributed by atoms with Crippen LogP contribution in [0.4, 0.5) is 14.6 Å². The number of halogens is 2. The van der Waals surface area contributed by atoms with Gasteiger partial charge in [-0.15, -0.1) is 0 Å². The Morgan fingerprint density at radius 1 is 1.29 bits per heavy atom. The number of carbonyl (C=O) groups excluding carboxylic acids is 2. The second kappa shape index (κ2) is 12.0. The second-order valence-corrected chi connectivity index (χ2v) is 9.60. The topological polar surface area (TPSA) is 111 Å². The number of hydrogen-bond donors (Lipinski definition) is 2. The molecule has 2 amide bonds. The predicted molar refractivity (Wildman–Crippen MR) is 122 cm³/mol. The molecule has 12 heteroatoms. The third-order valence-corrected chi connectivity index (χ3v) is 7.23. The van der Waals surface area contributed by atoms with E-state index in [-0.39, 0.29) is 42.9 Å². The molecular formula is C23H34F2N6O4. The molecule has 2 saturated heterocycles. The van der Waals surface area contributed by atoms with Gasteiger partial charge in [-0.1, -0.05) is 25.7 Å². The van der Waals surface area contributed by atoms with E-state index < -0.39 is 24.3 Å². The fraction of sp³-hybridized carbons (Fsp3) is 0.739. The monoisotopic (exact) mass is 496 g/mol. The van der Waals surface area contributed by atoms with E-state index >= 15 is 4.39 Å². The van der Waals surface area contributed by atoms with Gasteiger partial charge in [-0.2, -0.15) is 0 Å². The SMILES string of the molecule is O=CN(O)C[C@@H](CC1CCCC1)C(=O)NCc1nc(CF)nc(N2CCN3CCOC[C@@H]3C2)c1F. The maximum Gasteiger partial charge on any atom is 0.233 e. The van der Waals surface area contributed by atoms with E-state index in [4.69, 9.17) is 4.74 Å². The molecule has 1 aromatic heterocycles. The number of hydroxylamine groups is 2. The summed E-state index contributed by atoms with van der Waals surface area (Å²) in [6, 6.07) is 0.111. The van der Waals surface area contributed by atoms with Crippen LogP contribution in [0.5, 0.6) is 0 Å². The molecule has 10 nitrogen and oxygen atoms in total. The highest BCUT2D eigenvalue weighted by Gasteiger charge is 2.32. The number of nitrogens with one attached hydrogen (secondary N) is 1. The number of ether oxygens (including phenoxy) is 1. The lowest BCUT2D eigenvalue weighted by atomic mass is 9.92. The number of rotatable bonds is 10. The Morgan fingerprint density at radius 2 is 2.09 bits per heavy atom. The standard InChI is InChI=1S/C23H34F2N6O4/c24-10-20-27-19(11-26-23(33)17(12-31(34)15-32)9-16-3-1-2-4-16)21(25)22(28-20)30-6-5-29-7-8-35-14-18(29)13-30/h15-18,34H,1-14H2,(H,26,33)/t17-,18+/m1/s1. The van der Waals surface area contributed by atoms with Crippen molar-refractivity contribution in [2.75, 3.05) is 50.8 Å². The van der Waals surface area contributed by atoms with Gasteiger partial charge in [0.2, 0.25) is 12.3 Å². The Morgan fingerprint density at radius 3 is 2.83 bits per heavy atom. The summed E-state index contributed by atoms with van der Waals surface area (Å²) in [6.07, 6.45) is 4.97. The van der Waals surface area contributed by atoms with Crippen LogP contribution in [0.3, 0.4) is 0 Å². The van der Waals surface area contributed by atoms with Crippen molar-refractivity contribution >= 4 is 18.1 Å². The molecule has 0 bridgehead atoms. The van der Waals surface area contributed by atoms with Gasteiger partial charge < -0.3 is 15.0 Å². The van der Waals surface area contributed by atoms with E-state index in [2.05, 4.69) is 20.2 Å². The number of anilines is 1. The van der Waals surface area contributed by atoms with Crippen molar-refractivity contribution in [2.24, 2.45) is 11.8 Å². The zero-order valence-electron chi connectivity index (χ0n) is 19.9. The third kappa shape index (κ3) is 6.42. The van der Waals surface area contributed by atoms with E-state index in [1.807, 2.05) is 0 Å². The lowest BCUT2D eigenvalue weighted by molar-refractivity contribution is -0.155. The van der Waals surface area contributed by atoms with Crippen molar-refractivity contribution in [3.05, 3.63) is 17.3 Å². The molecule has 2 N–H and O–H groups in total. The molecule has 194 valence electrons. The van der Waals surface area contributed by atoms with E-state index in [9.17, 15) is 19.2 Å². The van der Waals surface area contributed by atoms with E-state index in [0.717, 1.165) is 38.8 Å². The van der Waals surface area contributed by atoms with Crippen LogP contribution in [0.2, 0.25) is 0 Å². The zero-order valence-corrected chi connectivity index (χ0v) is 19.9. The summed E-state index contributed by atoms with van der Waals surface area (Å²) < 4.78 is 34.6. The predicted octanol–water partition coefficient (Wildman–Crippen LogP) is 1.27. The molecule has 2 aliphatic heterocycles. The number of fused-ring (bicyclic) bond motifs is 1. The van der Waals surface area contributed by atoms with Crippen molar-refractivity contribution in [3.63, 3.8) is 0 Å². The minimum absolute atomic E-state index is 0.0344. The summed E-state index contributed by atoms with van der Waals surface area (Å²) >= 11 is 0. The van der Waals surface area contributed by atoms with Crippen molar-refractivity contribution in [1.29, 1.82) is 0 Å². The van der Waals surface area contributed by atoms with Crippen LogP contribution in [0.15, 0.2) is 0 Å². The normalized spacial score (nSPS) is 22.0. The van der Waals surface area contributed by atoms with E-state index in [1.54, 1.807) is 4.90 Å². The molecule has 0 unspecified atom stereocenters. The van der Waals surface area contributed by atoms with Crippen LogP contribution in [-0.4, -0.2) is 89.4 Å². The number of hydrogen-bond acceptors (Lipinski definition) is 8. The molecule has 3 heterocycles. The van der Waals surface area contributed by atoms with Crippen LogP contribution in [0, 0.1) is 17.7 Å². The van der Waals surface area contributed by atoms with Gasteiger partial charge in [0, 0.05) is 26.2 Å². The van der Waals surface area contributed by atoms with Gasteiger partial charge in [0.1, 0.15) is 12.4 Å². The Hall–Kier alpha value is -2.44. The lowest BCUT2D eigenvalue weighted by Crippen LogP contribution is -2.58. The lowest BCUT2D eigenvalue weighted by Gasteiger charge is -2.44. The number of amides is 2. The summed E-state index contributed by atoms with van der Waals surface area (Å²) in [6.45, 7) is 2.49. The van der Waals surface area contributed by atoms with Crippen LogP contribution >= 0.6 is 0 Å². The summed E-state index contributed by atoms with van der Waals surface area (Å²) in [5, 5.41) is 12.8. The number of piperazine rings is 1. The maximum atomic E-state index is 15.5. The van der Waals surface area contributed by atoms with Crippen molar-refractivity contribution in [2.45, 2.75) is 51.4 Å². The third-order valence-electron chi connectivity index (χ3n) is 7.23. The average Bonchev–Trinajstić information content (AvgIpc) is 3.40. The number of morpholine rings is 1. The number of alkyl halides is 1. The molecule has 2 atom stereocenters. The van der Waals surface area contributed by atoms with Gasteiger partial charge in [0.05, 0.1) is 38.3 Å². The van der Waals surface area contributed by atoms with Crippen LogP contribution in [-0.2, 0) is 27.5 Å². The molecule has 1 saturated carbocycles. The van der Waals surface area contributed by atoms with Gasteiger partial charge in [0.25, 0.3) is 0 Å². The van der Waals surface area contributed by atoms with Crippen LogP contribution in [0.1, 0.15) is 43.6 Å². The summed E-state index contributed by atoms with van der Waals surface area (Å²) in [4.78, 5) is 36.0. The summed E-state index contributed by atoms with van der Waals surface area (Å²) in [7, 11) is 0. The Labute approximate surface area is 203 Å². The van der Waals surface area contributed by atoms with Crippen molar-refractivity contribution in [3.8, 4) is 0 Å². The number of nitrogens with zero attached hydrogens (tertiary/aromatic N) is 5. The molecule has 3 fully saturated rings. The second-order valence-electron chi connectivity index (χ2n) is 9.60. The van der Waals surface area contributed by atoms with Gasteiger partial charge in [0.15, 0.2) is 17.5 Å². The molecular weight excluding hydrogens is 462 g/mol. The first kappa shape index (κ1) is 25.6. The molecule has 1 aromatic rings. The highest BCUT2D eigenvalue weighted by molar-refractivity contribution is 5.79. The van der Waals surface area contributed by atoms with Gasteiger partial charge >= 0.3 is 0 Å². The molecule has 35 heavy (non-hydrogen) atoms. The minimum atomic E-state index is -0.955. The highest BCUT2D eigenvalue weighted by atomic mass is 19.1. The minimum Gasteiger partial charge on any atom is -0.378 e. The zero-order chi connectivity index (χ0) is 24.8. The fourth-order valence-electron chi connectivity index (χ4n) is 5.35. The summed E-state index contributed by atoms with van der Waals surface area (Å²) in [5.41, 5.74) is -0.0887. The smallest absolute Gasteiger partial charge is 0.233 e. The number of carbonyl (C=O) groups is 2. The quantitative estimate of drug-likeness (QED) is 0.283. The largest absolute Gasteiger partial charge is 0.378 e. The number of aromatic nitrogens is 2. The van der Waals surface area contributed by atoms with Gasteiger partial charge in [-0.25, -0.2) is 23.8 Å². The van der Waals surface area contributed by atoms with Crippen molar-refractivity contribution < 1.29 is 28.3 Å². The molecule has 3 aliphatic rings. The molecule has 0 aromatic carbocycles. The Bertz CT molecular complexity index is 888. The molecule has 0 radical (unpaired) electrons. The maximum absolute atomic E-state index is 15.5.